The number of amides is 1. The first-order valence-corrected chi connectivity index (χ1v) is 11.7. The van der Waals surface area contributed by atoms with Crippen LogP contribution in [0.1, 0.15) is 57.9 Å². The maximum Gasteiger partial charge on any atom is 0.230 e. The second-order valence-electron chi connectivity index (χ2n) is 8.28. The molecule has 1 saturated heterocycles. The summed E-state index contributed by atoms with van der Waals surface area (Å²) < 4.78 is 0. The van der Waals surface area contributed by atoms with E-state index >= 15 is 0 Å². The number of thioether (sulfide) groups is 1. The van der Waals surface area contributed by atoms with Gasteiger partial charge >= 0.3 is 0 Å². The summed E-state index contributed by atoms with van der Waals surface area (Å²) in [6, 6.07) is 8.09. The zero-order valence-electron chi connectivity index (χ0n) is 17.6. The van der Waals surface area contributed by atoms with Gasteiger partial charge in [-0.3, -0.25) is 9.69 Å². The normalized spacial score (nSPS) is 26.8. The number of aldehydes is 1. The maximum atomic E-state index is 12.8. The number of carbonyl (C=O) groups excluding carboxylic acids is 2. The van der Waals surface area contributed by atoms with Crippen LogP contribution in [0.5, 0.6) is 0 Å². The van der Waals surface area contributed by atoms with Gasteiger partial charge < -0.3 is 4.79 Å². The molecule has 5 heteroatoms. The molecule has 0 aromatic heterocycles. The second kappa shape index (κ2) is 10.2. The van der Waals surface area contributed by atoms with Crippen molar-refractivity contribution >= 4 is 34.8 Å². The largest absolute Gasteiger partial charge is 0.302 e. The predicted molar refractivity (Wildman–Crippen MR) is 122 cm³/mol. The Kier molecular flexibility index (Phi) is 7.70. The highest BCUT2D eigenvalue weighted by molar-refractivity contribution is 8.15. The van der Waals surface area contributed by atoms with Crippen molar-refractivity contribution in [1.82, 2.24) is 4.90 Å². The lowest BCUT2D eigenvalue weighted by molar-refractivity contribution is -0.128. The van der Waals surface area contributed by atoms with Crippen molar-refractivity contribution in [1.29, 1.82) is 0 Å². The van der Waals surface area contributed by atoms with Crippen molar-refractivity contribution in [2.45, 2.75) is 64.0 Å². The molecule has 1 aromatic carbocycles. The molecule has 2 aliphatic rings. The van der Waals surface area contributed by atoms with Gasteiger partial charge in [0, 0.05) is 13.0 Å². The van der Waals surface area contributed by atoms with E-state index in [9.17, 15) is 9.59 Å². The van der Waals surface area contributed by atoms with Crippen LogP contribution in [0.25, 0.3) is 0 Å². The molecule has 0 radical (unpaired) electrons. The first-order chi connectivity index (χ1) is 14.0. The molecule has 1 heterocycles. The average Bonchev–Trinajstić information content (AvgIpc) is 2.73. The SMILES string of the molecule is C=C1CC(CC)CC(CCN2C(=O)CC(C=O)S/C2=N/c2ccc(CC)cc2)C1. The number of aryl methyl sites for hydroxylation is 1. The summed E-state index contributed by atoms with van der Waals surface area (Å²) in [5.74, 6) is 1.30. The highest BCUT2D eigenvalue weighted by atomic mass is 32.2. The smallest absolute Gasteiger partial charge is 0.230 e. The Labute approximate surface area is 178 Å². The zero-order valence-corrected chi connectivity index (χ0v) is 18.4. The number of rotatable bonds is 7. The van der Waals surface area contributed by atoms with Gasteiger partial charge in [-0.15, -0.1) is 0 Å². The van der Waals surface area contributed by atoms with E-state index in [1.54, 1.807) is 4.90 Å². The first kappa shape index (κ1) is 21.8. The third-order valence-corrected chi connectivity index (χ3v) is 7.15. The third kappa shape index (κ3) is 5.81. The molecule has 2 fully saturated rings. The van der Waals surface area contributed by atoms with E-state index in [0.29, 0.717) is 17.6 Å². The summed E-state index contributed by atoms with van der Waals surface area (Å²) in [5, 5.41) is 0.315. The number of hydrogen-bond donors (Lipinski definition) is 0. The van der Waals surface area contributed by atoms with E-state index < -0.39 is 0 Å². The van der Waals surface area contributed by atoms with Crippen LogP contribution in [0.2, 0.25) is 0 Å². The third-order valence-electron chi connectivity index (χ3n) is 6.05. The molecular formula is C24H32N2O2S. The summed E-state index contributed by atoms with van der Waals surface area (Å²) in [4.78, 5) is 30.7. The molecule has 29 heavy (non-hydrogen) atoms. The molecule has 1 saturated carbocycles. The zero-order chi connectivity index (χ0) is 20.8. The summed E-state index contributed by atoms with van der Waals surface area (Å²) in [6.45, 7) is 9.27. The lowest BCUT2D eigenvalue weighted by atomic mass is 9.76. The molecule has 1 aliphatic heterocycles. The quantitative estimate of drug-likeness (QED) is 0.436. The number of allylic oxidation sites excluding steroid dienone is 1. The van der Waals surface area contributed by atoms with E-state index in [-0.39, 0.29) is 17.6 Å². The van der Waals surface area contributed by atoms with Gasteiger partial charge in [-0.2, -0.15) is 0 Å². The number of carbonyl (C=O) groups is 2. The molecular weight excluding hydrogens is 380 g/mol. The molecule has 1 aliphatic carbocycles. The van der Waals surface area contributed by atoms with E-state index in [1.165, 1.54) is 35.7 Å². The Morgan fingerprint density at radius 2 is 1.90 bits per heavy atom. The fraction of sp³-hybridized carbons (Fsp3) is 0.542. The molecule has 3 rings (SSSR count). The minimum absolute atomic E-state index is 0.00598. The number of hydrogen-bond acceptors (Lipinski definition) is 4. The Hall–Kier alpha value is -1.88. The Morgan fingerprint density at radius 3 is 2.55 bits per heavy atom. The van der Waals surface area contributed by atoms with Crippen LogP contribution in [0.15, 0.2) is 41.4 Å². The minimum atomic E-state index is -0.341. The van der Waals surface area contributed by atoms with Crippen LogP contribution in [-0.4, -0.2) is 34.1 Å². The Morgan fingerprint density at radius 1 is 1.17 bits per heavy atom. The van der Waals surface area contributed by atoms with Gasteiger partial charge in [0.15, 0.2) is 5.17 Å². The lowest BCUT2D eigenvalue weighted by Gasteiger charge is -2.34. The molecule has 0 N–H and O–H groups in total. The molecule has 3 unspecified atom stereocenters. The summed E-state index contributed by atoms with van der Waals surface area (Å²) in [7, 11) is 0. The van der Waals surface area contributed by atoms with Crippen molar-refractivity contribution in [2.24, 2.45) is 16.8 Å². The summed E-state index contributed by atoms with van der Waals surface area (Å²) >= 11 is 1.41. The van der Waals surface area contributed by atoms with Gasteiger partial charge in [0.25, 0.3) is 0 Å². The summed E-state index contributed by atoms with van der Waals surface area (Å²) in [5.41, 5.74) is 3.43. The van der Waals surface area contributed by atoms with Crippen molar-refractivity contribution in [3.8, 4) is 0 Å². The van der Waals surface area contributed by atoms with E-state index in [4.69, 9.17) is 4.99 Å². The van der Waals surface area contributed by atoms with Gasteiger partial charge in [0.2, 0.25) is 5.91 Å². The second-order valence-corrected chi connectivity index (χ2v) is 9.49. The van der Waals surface area contributed by atoms with Gasteiger partial charge in [-0.1, -0.05) is 56.3 Å². The van der Waals surface area contributed by atoms with Crippen LogP contribution < -0.4 is 0 Å². The average molecular weight is 413 g/mol. The topological polar surface area (TPSA) is 49.7 Å². The lowest BCUT2D eigenvalue weighted by Crippen LogP contribution is -2.43. The van der Waals surface area contributed by atoms with Gasteiger partial charge in [0.1, 0.15) is 6.29 Å². The first-order valence-electron chi connectivity index (χ1n) is 10.8. The van der Waals surface area contributed by atoms with Crippen LogP contribution >= 0.6 is 11.8 Å². The fourth-order valence-electron chi connectivity index (χ4n) is 4.31. The van der Waals surface area contributed by atoms with Gasteiger partial charge in [-0.05, 0) is 61.6 Å². The highest BCUT2D eigenvalue weighted by Gasteiger charge is 2.32. The highest BCUT2D eigenvalue weighted by Crippen LogP contribution is 2.36. The van der Waals surface area contributed by atoms with Crippen LogP contribution in [0, 0.1) is 11.8 Å². The molecule has 0 bridgehead atoms. The van der Waals surface area contributed by atoms with Crippen molar-refractivity contribution < 1.29 is 9.59 Å². The van der Waals surface area contributed by atoms with Crippen LogP contribution in [-0.2, 0) is 16.0 Å². The van der Waals surface area contributed by atoms with Crippen LogP contribution in [0.4, 0.5) is 5.69 Å². The van der Waals surface area contributed by atoms with E-state index in [0.717, 1.165) is 43.6 Å². The number of amidine groups is 1. The van der Waals surface area contributed by atoms with Crippen molar-refractivity contribution in [3.63, 3.8) is 0 Å². The van der Waals surface area contributed by atoms with E-state index in [1.807, 2.05) is 12.1 Å². The van der Waals surface area contributed by atoms with E-state index in [2.05, 4.69) is 32.6 Å². The standard InChI is InChI=1S/C24H32N2O2S/c1-4-18-6-8-21(9-7-18)25-24-26(23(28)15-22(16-27)29-24)11-10-20-13-17(3)12-19(5-2)14-20/h6-9,16,19-20,22H,3-5,10-15H2,1-2H3/b25-24+. The molecule has 1 aromatic rings. The van der Waals surface area contributed by atoms with Crippen molar-refractivity contribution in [2.75, 3.05) is 6.54 Å². The minimum Gasteiger partial charge on any atom is -0.302 e. The Bertz CT molecular complexity index is 772. The number of aliphatic imine (C=N–C) groups is 1. The molecule has 0 spiro atoms. The van der Waals surface area contributed by atoms with Gasteiger partial charge in [0.05, 0.1) is 10.9 Å². The Balaban J connectivity index is 1.74. The fourth-order valence-corrected chi connectivity index (χ4v) is 5.34. The molecule has 4 nitrogen and oxygen atoms in total. The maximum absolute atomic E-state index is 12.8. The number of benzene rings is 1. The molecule has 3 atom stereocenters. The van der Waals surface area contributed by atoms with Gasteiger partial charge in [-0.25, -0.2) is 4.99 Å². The molecule has 1 amide bonds. The number of nitrogens with zero attached hydrogens (tertiary/aromatic N) is 2. The monoisotopic (exact) mass is 412 g/mol. The predicted octanol–water partition coefficient (Wildman–Crippen LogP) is 5.54. The van der Waals surface area contributed by atoms with Crippen molar-refractivity contribution in [3.05, 3.63) is 42.0 Å². The summed E-state index contributed by atoms with van der Waals surface area (Å²) in [6.07, 6.45) is 7.68. The van der Waals surface area contributed by atoms with Crippen LogP contribution in [0.3, 0.4) is 0 Å². The molecule has 156 valence electrons.